The molecule has 0 amide bonds. The molecule has 0 nitrogen and oxygen atoms in total. The average Bonchev–Trinajstić information content (AvgIpc) is 2.91. The van der Waals surface area contributed by atoms with E-state index >= 15 is 8.78 Å². The minimum absolute atomic E-state index is 0.431. The van der Waals surface area contributed by atoms with Crippen LogP contribution in [0.15, 0.2) is 60.7 Å². The first kappa shape index (κ1) is 38.8. The molecule has 0 heterocycles. The van der Waals surface area contributed by atoms with Crippen molar-refractivity contribution in [2.24, 2.45) is 0 Å². The maximum absolute atomic E-state index is 15.5. The van der Waals surface area contributed by atoms with Crippen LogP contribution in [-0.2, 0) is 11.8 Å². The van der Waals surface area contributed by atoms with Gasteiger partial charge < -0.3 is 0 Å². The van der Waals surface area contributed by atoms with Gasteiger partial charge in [-0.1, -0.05) is 72.5 Å². The van der Waals surface area contributed by atoms with E-state index in [2.05, 4.69) is 11.8 Å². The lowest BCUT2D eigenvalue weighted by molar-refractivity contribution is -0.472. The normalized spacial score (nSPS) is 15.8. The molecule has 0 fully saturated rings. The summed E-state index contributed by atoms with van der Waals surface area (Å²) in [5.74, 6) is -70.9. The summed E-state index contributed by atoms with van der Waals surface area (Å²) in [6, 6.07) is 0.564. The molecule has 0 N–H and O–H groups in total. The summed E-state index contributed by atoms with van der Waals surface area (Å²) >= 11 is 4.52. The number of benzene rings is 2. The first-order valence-electron chi connectivity index (χ1n) is 10.9. The minimum Gasteiger partial charge on any atom is -0.193 e. The van der Waals surface area contributed by atoms with Crippen LogP contribution in [0.3, 0.4) is 0 Å². The molecule has 0 aliphatic rings. The molecule has 0 saturated heterocycles. The second-order valence-corrected chi connectivity index (χ2v) is 13.4. The van der Waals surface area contributed by atoms with Crippen LogP contribution < -0.4 is 10.6 Å². The third kappa shape index (κ3) is 4.89. The van der Waals surface area contributed by atoms with Gasteiger partial charge in [0.05, 0.1) is 6.04 Å². The van der Waals surface area contributed by atoms with Crippen LogP contribution in [0.5, 0.6) is 0 Å². The highest BCUT2D eigenvalue weighted by molar-refractivity contribution is 8.22. The van der Waals surface area contributed by atoms with Gasteiger partial charge >= 0.3 is 59.2 Å². The molecule has 0 saturated carbocycles. The van der Waals surface area contributed by atoms with Gasteiger partial charge in [-0.15, -0.1) is 0 Å². The predicted molar refractivity (Wildman–Crippen MR) is 117 cm³/mol. The monoisotopic (exact) mass is 736 g/mol. The fourth-order valence-corrected chi connectivity index (χ4v) is 7.24. The van der Waals surface area contributed by atoms with Crippen LogP contribution in [0, 0.1) is 0 Å². The number of hydrogen-bond acceptors (Lipinski definition) is 1. The lowest BCUT2D eigenvalue weighted by Gasteiger charge is -2.46. The van der Waals surface area contributed by atoms with Gasteiger partial charge in [-0.25, -0.2) is 0 Å². The van der Waals surface area contributed by atoms with Crippen molar-refractivity contribution in [3.05, 3.63) is 60.7 Å². The van der Waals surface area contributed by atoms with Crippen molar-refractivity contribution in [2.45, 2.75) is 59.2 Å². The van der Waals surface area contributed by atoms with E-state index in [0.29, 0.717) is 24.3 Å². The fourth-order valence-electron chi connectivity index (χ4n) is 3.50. The van der Waals surface area contributed by atoms with Crippen molar-refractivity contribution in [3.8, 4) is 0 Å². The van der Waals surface area contributed by atoms with Gasteiger partial charge in [-0.05, 0) is 10.6 Å². The standard InChI is InChI=1S/C22H10F21PS/c23-13(24,15(27,28)17(31,32)19(35,36)21(39,40)41)14(25,26)16(29,30)18(33,34)20(37,38)22(42,43)44(45,11-7-3-1-4-8-11)12-9-5-2-6-10-12/h1-10H. The zero-order valence-corrected chi connectivity index (χ0v) is 22.3. The van der Waals surface area contributed by atoms with E-state index in [4.69, 9.17) is 0 Å². The van der Waals surface area contributed by atoms with Crippen LogP contribution in [0.25, 0.3) is 0 Å². The number of hydrogen-bond donors (Lipinski definition) is 0. The van der Waals surface area contributed by atoms with E-state index in [1.807, 2.05) is 0 Å². The van der Waals surface area contributed by atoms with Crippen LogP contribution in [0.2, 0.25) is 0 Å². The summed E-state index contributed by atoms with van der Waals surface area (Å²) in [7, 11) is 0. The molecule has 0 atom stereocenters. The smallest absolute Gasteiger partial charge is 0.193 e. The molecular weight excluding hydrogens is 726 g/mol. The molecular formula is C22H10F21PS. The summed E-state index contributed by atoms with van der Waals surface area (Å²) in [4.78, 5) is 0. The SMILES string of the molecule is FC(F)(F)C(F)(F)C(F)(F)C(F)(F)C(F)(F)C(F)(F)C(F)(F)C(F)(F)C(F)(F)C(F)(F)P(=S)(c1ccccc1)c1ccccc1. The second-order valence-electron chi connectivity index (χ2n) is 8.91. The average molecular weight is 736 g/mol. The Morgan fingerprint density at radius 1 is 0.333 bits per heavy atom. The summed E-state index contributed by atoms with van der Waals surface area (Å²) in [6.07, 6.45) is -8.03. The van der Waals surface area contributed by atoms with Gasteiger partial charge in [0.15, 0.2) is 0 Å². The fraction of sp³-hybridized carbons (Fsp3) is 0.455. The molecule has 0 unspecified atom stereocenters. The Morgan fingerprint density at radius 3 is 0.800 bits per heavy atom. The van der Waals surface area contributed by atoms with E-state index in [1.54, 1.807) is 0 Å². The van der Waals surface area contributed by atoms with E-state index in [0.717, 1.165) is 36.4 Å². The first-order valence-corrected chi connectivity index (χ1v) is 13.7. The van der Waals surface area contributed by atoms with Crippen LogP contribution in [0.4, 0.5) is 92.2 Å². The maximum Gasteiger partial charge on any atom is 0.460 e. The Kier molecular flexibility index (Phi) is 9.34. The highest BCUT2D eigenvalue weighted by atomic mass is 32.4. The molecule has 0 bridgehead atoms. The van der Waals surface area contributed by atoms with Crippen LogP contribution in [0.1, 0.15) is 0 Å². The number of rotatable bonds is 11. The zero-order valence-electron chi connectivity index (χ0n) is 20.6. The molecule has 23 heteroatoms. The van der Waals surface area contributed by atoms with Gasteiger partial charge in [0.2, 0.25) is 0 Å². The van der Waals surface area contributed by atoms with Crippen molar-refractivity contribution in [1.82, 2.24) is 0 Å². The van der Waals surface area contributed by atoms with Crippen molar-refractivity contribution in [1.29, 1.82) is 0 Å². The molecule has 2 aromatic carbocycles. The lowest BCUT2D eigenvalue weighted by atomic mass is 9.87. The molecule has 0 aliphatic heterocycles. The summed E-state index contributed by atoms with van der Waals surface area (Å²) < 4.78 is 292. The molecule has 0 radical (unpaired) electrons. The number of halogens is 21. The van der Waals surface area contributed by atoms with E-state index in [1.165, 1.54) is 0 Å². The Morgan fingerprint density at radius 2 is 0.556 bits per heavy atom. The molecule has 0 aromatic heterocycles. The Hall–Kier alpha value is -2.38. The molecule has 2 rings (SSSR count). The highest BCUT2D eigenvalue weighted by Crippen LogP contribution is 2.71. The topological polar surface area (TPSA) is 0 Å². The van der Waals surface area contributed by atoms with Gasteiger partial charge in [0.1, 0.15) is 0 Å². The molecule has 0 spiro atoms. The van der Waals surface area contributed by atoms with Crippen molar-refractivity contribution >= 4 is 28.5 Å². The summed E-state index contributed by atoms with van der Waals surface area (Å²) in [6.45, 7) is 0. The van der Waals surface area contributed by atoms with Crippen molar-refractivity contribution in [2.75, 3.05) is 0 Å². The second kappa shape index (κ2) is 10.8. The molecule has 2 aromatic rings. The van der Waals surface area contributed by atoms with Crippen molar-refractivity contribution < 1.29 is 92.2 Å². The third-order valence-electron chi connectivity index (χ3n) is 6.13. The Bertz CT molecular complexity index is 1360. The van der Waals surface area contributed by atoms with Gasteiger partial charge in [-0.2, -0.15) is 92.2 Å². The minimum atomic E-state index is -9.23. The largest absolute Gasteiger partial charge is 0.460 e. The Balaban J connectivity index is 2.86. The molecule has 0 aliphatic carbocycles. The molecule has 256 valence electrons. The van der Waals surface area contributed by atoms with Gasteiger partial charge in [-0.3, -0.25) is 0 Å². The maximum atomic E-state index is 15.5. The summed E-state index contributed by atoms with van der Waals surface area (Å²) in [5, 5.41) is -2.49. The van der Waals surface area contributed by atoms with E-state index < -0.39 is 75.9 Å². The first-order chi connectivity index (χ1) is 19.7. The van der Waals surface area contributed by atoms with Gasteiger partial charge in [0, 0.05) is 0 Å². The van der Waals surface area contributed by atoms with Crippen LogP contribution in [-0.4, -0.2) is 59.2 Å². The van der Waals surface area contributed by atoms with E-state index in [-0.39, 0.29) is 0 Å². The predicted octanol–water partition coefficient (Wildman–Crippen LogP) is 9.35. The quantitative estimate of drug-likeness (QED) is 0.164. The van der Waals surface area contributed by atoms with Crippen molar-refractivity contribution in [3.63, 3.8) is 0 Å². The summed E-state index contributed by atoms with van der Waals surface area (Å²) in [5.41, 5.74) is -6.94. The zero-order chi connectivity index (χ0) is 35.7. The van der Waals surface area contributed by atoms with E-state index in [9.17, 15) is 83.4 Å². The highest BCUT2D eigenvalue weighted by Gasteiger charge is 2.98. The molecule has 45 heavy (non-hydrogen) atoms. The third-order valence-corrected chi connectivity index (χ3v) is 11.2. The lowest BCUT2D eigenvalue weighted by Crippen LogP contribution is -2.76. The Labute approximate surface area is 241 Å². The number of alkyl halides is 21. The van der Waals surface area contributed by atoms with Gasteiger partial charge in [0.25, 0.3) is 0 Å². The van der Waals surface area contributed by atoms with Crippen LogP contribution >= 0.6 is 6.04 Å².